The number of rotatable bonds is 3. The molecular weight excluding hydrogens is 263 g/mol. The fraction of sp³-hybridized carbons (Fsp3) is 0.200. The average molecular weight is 276 g/mol. The SMILES string of the molecule is O=S(=O)(c1cccc(-c2cccc(F)c2)c1)C1CC1. The van der Waals surface area contributed by atoms with Crippen LogP contribution in [0.2, 0.25) is 0 Å². The fourth-order valence-electron chi connectivity index (χ4n) is 2.09. The molecule has 19 heavy (non-hydrogen) atoms. The maximum absolute atomic E-state index is 13.2. The van der Waals surface area contributed by atoms with Crippen LogP contribution in [0.15, 0.2) is 53.4 Å². The van der Waals surface area contributed by atoms with Crippen LogP contribution in [0.1, 0.15) is 12.8 Å². The van der Waals surface area contributed by atoms with Gasteiger partial charge in [-0.1, -0.05) is 24.3 Å². The molecule has 4 heteroatoms. The van der Waals surface area contributed by atoms with Crippen LogP contribution in [0.5, 0.6) is 0 Å². The van der Waals surface area contributed by atoms with Crippen molar-refractivity contribution in [1.29, 1.82) is 0 Å². The Morgan fingerprint density at radius 2 is 1.58 bits per heavy atom. The number of halogens is 1. The molecule has 3 rings (SSSR count). The Labute approximate surface area is 111 Å². The van der Waals surface area contributed by atoms with E-state index >= 15 is 0 Å². The quantitative estimate of drug-likeness (QED) is 0.860. The van der Waals surface area contributed by atoms with E-state index in [0.29, 0.717) is 10.5 Å². The standard InChI is InChI=1S/C15H13FO2S/c16-13-5-1-3-11(9-13)12-4-2-6-15(10-12)19(17,18)14-7-8-14/h1-6,9-10,14H,7-8H2. The Morgan fingerprint density at radius 1 is 0.947 bits per heavy atom. The molecule has 0 N–H and O–H groups in total. The van der Waals surface area contributed by atoms with E-state index in [1.54, 1.807) is 36.4 Å². The molecule has 1 fully saturated rings. The highest BCUT2D eigenvalue weighted by molar-refractivity contribution is 7.92. The highest BCUT2D eigenvalue weighted by Crippen LogP contribution is 2.34. The van der Waals surface area contributed by atoms with Crippen LogP contribution in [0.4, 0.5) is 4.39 Å². The van der Waals surface area contributed by atoms with Gasteiger partial charge in [0.05, 0.1) is 10.1 Å². The van der Waals surface area contributed by atoms with Crippen molar-refractivity contribution in [2.45, 2.75) is 23.0 Å². The monoisotopic (exact) mass is 276 g/mol. The molecule has 0 unspecified atom stereocenters. The van der Waals surface area contributed by atoms with Gasteiger partial charge in [0.25, 0.3) is 0 Å². The van der Waals surface area contributed by atoms with Crippen molar-refractivity contribution in [1.82, 2.24) is 0 Å². The van der Waals surface area contributed by atoms with Crippen LogP contribution >= 0.6 is 0 Å². The van der Waals surface area contributed by atoms with Crippen molar-refractivity contribution in [3.05, 3.63) is 54.3 Å². The molecule has 0 saturated heterocycles. The highest BCUT2D eigenvalue weighted by Gasteiger charge is 2.36. The maximum Gasteiger partial charge on any atom is 0.181 e. The summed E-state index contributed by atoms with van der Waals surface area (Å²) in [7, 11) is -3.20. The lowest BCUT2D eigenvalue weighted by atomic mass is 10.1. The first-order valence-electron chi connectivity index (χ1n) is 6.17. The van der Waals surface area contributed by atoms with E-state index in [4.69, 9.17) is 0 Å². The van der Waals surface area contributed by atoms with Gasteiger partial charge in [-0.15, -0.1) is 0 Å². The molecule has 0 atom stereocenters. The minimum absolute atomic E-state index is 0.227. The lowest BCUT2D eigenvalue weighted by molar-refractivity contribution is 0.595. The minimum atomic E-state index is -3.20. The summed E-state index contributed by atoms with van der Waals surface area (Å²) in [5.41, 5.74) is 1.41. The smallest absolute Gasteiger partial charge is 0.181 e. The zero-order valence-corrected chi connectivity index (χ0v) is 11.0. The fourth-order valence-corrected chi connectivity index (χ4v) is 3.79. The Hall–Kier alpha value is -1.68. The first-order chi connectivity index (χ1) is 9.07. The van der Waals surface area contributed by atoms with Crippen molar-refractivity contribution in [3.63, 3.8) is 0 Å². The lowest BCUT2D eigenvalue weighted by Gasteiger charge is -2.06. The van der Waals surface area contributed by atoms with Crippen molar-refractivity contribution in [3.8, 4) is 11.1 Å². The van der Waals surface area contributed by atoms with Crippen LogP contribution in [0.3, 0.4) is 0 Å². The molecule has 0 aromatic heterocycles. The van der Waals surface area contributed by atoms with E-state index in [1.165, 1.54) is 12.1 Å². The van der Waals surface area contributed by atoms with Crippen LogP contribution in [0, 0.1) is 5.82 Å². The molecule has 2 aromatic rings. The molecule has 2 nitrogen and oxygen atoms in total. The number of benzene rings is 2. The van der Waals surface area contributed by atoms with Gasteiger partial charge in [-0.25, -0.2) is 12.8 Å². The van der Waals surface area contributed by atoms with E-state index in [0.717, 1.165) is 18.4 Å². The normalized spacial score (nSPS) is 15.4. The van der Waals surface area contributed by atoms with E-state index in [-0.39, 0.29) is 11.1 Å². The topological polar surface area (TPSA) is 34.1 Å². The van der Waals surface area contributed by atoms with Gasteiger partial charge in [-0.2, -0.15) is 0 Å². The first kappa shape index (κ1) is 12.4. The lowest BCUT2D eigenvalue weighted by Crippen LogP contribution is -2.06. The van der Waals surface area contributed by atoms with Gasteiger partial charge >= 0.3 is 0 Å². The first-order valence-corrected chi connectivity index (χ1v) is 7.72. The second kappa shape index (κ2) is 4.46. The highest BCUT2D eigenvalue weighted by atomic mass is 32.2. The summed E-state index contributed by atoms with van der Waals surface area (Å²) >= 11 is 0. The summed E-state index contributed by atoms with van der Waals surface area (Å²) in [6.07, 6.45) is 1.49. The van der Waals surface area contributed by atoms with Crippen molar-refractivity contribution in [2.24, 2.45) is 0 Å². The Balaban J connectivity index is 2.05. The third kappa shape index (κ3) is 2.40. The summed E-state index contributed by atoms with van der Waals surface area (Å²) in [6, 6.07) is 12.9. The molecule has 0 heterocycles. The molecule has 1 aliphatic rings. The summed E-state index contributed by atoms with van der Waals surface area (Å²) in [4.78, 5) is 0.330. The molecule has 0 bridgehead atoms. The van der Waals surface area contributed by atoms with Gasteiger partial charge in [0.1, 0.15) is 5.82 Å². The Morgan fingerprint density at radius 3 is 2.21 bits per heavy atom. The molecule has 98 valence electrons. The zero-order chi connectivity index (χ0) is 13.5. The second-order valence-corrected chi connectivity index (χ2v) is 7.01. The summed E-state index contributed by atoms with van der Waals surface area (Å²) < 4.78 is 37.5. The molecule has 0 spiro atoms. The third-order valence-corrected chi connectivity index (χ3v) is 5.54. The number of sulfone groups is 1. The predicted molar refractivity (Wildman–Crippen MR) is 72.0 cm³/mol. The van der Waals surface area contributed by atoms with Gasteiger partial charge in [0, 0.05) is 0 Å². The zero-order valence-electron chi connectivity index (χ0n) is 10.2. The molecule has 0 radical (unpaired) electrons. The Bertz CT molecular complexity index is 718. The molecule has 1 saturated carbocycles. The van der Waals surface area contributed by atoms with Crippen LogP contribution in [-0.2, 0) is 9.84 Å². The van der Waals surface area contributed by atoms with Gasteiger partial charge < -0.3 is 0 Å². The molecular formula is C15H13FO2S. The van der Waals surface area contributed by atoms with Crippen LogP contribution < -0.4 is 0 Å². The van der Waals surface area contributed by atoms with E-state index < -0.39 is 9.84 Å². The summed E-state index contributed by atoms with van der Waals surface area (Å²) in [5, 5.41) is -0.227. The maximum atomic E-state index is 13.2. The average Bonchev–Trinajstić information content (AvgIpc) is 3.23. The van der Waals surface area contributed by atoms with Gasteiger partial charge in [0.2, 0.25) is 0 Å². The van der Waals surface area contributed by atoms with Crippen LogP contribution in [-0.4, -0.2) is 13.7 Å². The third-order valence-electron chi connectivity index (χ3n) is 3.28. The largest absolute Gasteiger partial charge is 0.223 e. The van der Waals surface area contributed by atoms with Gasteiger partial charge in [0.15, 0.2) is 9.84 Å². The van der Waals surface area contributed by atoms with Crippen molar-refractivity contribution >= 4 is 9.84 Å². The number of hydrogen-bond acceptors (Lipinski definition) is 2. The molecule has 0 aliphatic heterocycles. The summed E-state index contributed by atoms with van der Waals surface area (Å²) in [6.45, 7) is 0. The van der Waals surface area contributed by atoms with Crippen LogP contribution in [0.25, 0.3) is 11.1 Å². The van der Waals surface area contributed by atoms with Gasteiger partial charge in [-0.3, -0.25) is 0 Å². The molecule has 1 aliphatic carbocycles. The van der Waals surface area contributed by atoms with E-state index in [2.05, 4.69) is 0 Å². The Kier molecular flexibility index (Phi) is 2.90. The number of hydrogen-bond donors (Lipinski definition) is 0. The minimum Gasteiger partial charge on any atom is -0.223 e. The predicted octanol–water partition coefficient (Wildman–Crippen LogP) is 3.43. The van der Waals surface area contributed by atoms with Crippen molar-refractivity contribution in [2.75, 3.05) is 0 Å². The van der Waals surface area contributed by atoms with Crippen molar-refractivity contribution < 1.29 is 12.8 Å². The van der Waals surface area contributed by atoms with Gasteiger partial charge in [-0.05, 0) is 48.2 Å². The van der Waals surface area contributed by atoms with E-state index in [9.17, 15) is 12.8 Å². The molecule has 0 amide bonds. The van der Waals surface area contributed by atoms with E-state index in [1.807, 2.05) is 0 Å². The summed E-state index contributed by atoms with van der Waals surface area (Å²) in [5.74, 6) is -0.326. The molecule has 2 aromatic carbocycles. The second-order valence-electron chi connectivity index (χ2n) is 4.78.